The Morgan fingerprint density at radius 1 is 1.17 bits per heavy atom. The Balaban J connectivity index is 1.49. The van der Waals surface area contributed by atoms with E-state index in [0.717, 1.165) is 39.0 Å². The normalized spacial score (nSPS) is 21.7. The number of nitrogens with zero attached hydrogens (tertiary/aromatic N) is 3. The molecule has 1 aromatic rings. The summed E-state index contributed by atoms with van der Waals surface area (Å²) in [6, 6.07) is 6.28. The molecule has 130 valence electrons. The Hall–Kier alpha value is -2.15. The van der Waals surface area contributed by atoms with Gasteiger partial charge in [-0.1, -0.05) is 0 Å². The molecule has 1 unspecified atom stereocenters. The maximum absolute atomic E-state index is 12.4. The maximum Gasteiger partial charge on any atom is 0.269 e. The molecule has 1 atom stereocenters. The van der Waals surface area contributed by atoms with Gasteiger partial charge in [0.1, 0.15) is 5.75 Å². The van der Waals surface area contributed by atoms with E-state index in [0.29, 0.717) is 11.8 Å². The van der Waals surface area contributed by atoms with Crippen LogP contribution in [0.3, 0.4) is 0 Å². The average molecular weight is 333 g/mol. The van der Waals surface area contributed by atoms with Crippen molar-refractivity contribution in [2.45, 2.75) is 31.7 Å². The summed E-state index contributed by atoms with van der Waals surface area (Å²) in [5.41, 5.74) is 0.0122. The number of rotatable bonds is 5. The summed E-state index contributed by atoms with van der Waals surface area (Å²) in [7, 11) is 0. The Bertz CT molecular complexity index is 584. The molecule has 2 aliphatic heterocycles. The number of nitro benzene ring substituents is 1. The van der Waals surface area contributed by atoms with Gasteiger partial charge in [0.15, 0.2) is 6.61 Å². The monoisotopic (exact) mass is 333 g/mol. The summed E-state index contributed by atoms with van der Waals surface area (Å²) < 4.78 is 5.49. The van der Waals surface area contributed by atoms with Gasteiger partial charge in [-0.15, -0.1) is 0 Å². The number of non-ortho nitro benzene ring substituents is 1. The van der Waals surface area contributed by atoms with Crippen LogP contribution < -0.4 is 4.74 Å². The van der Waals surface area contributed by atoms with E-state index in [1.807, 2.05) is 4.90 Å². The Kier molecular flexibility index (Phi) is 5.30. The molecule has 0 spiro atoms. The van der Waals surface area contributed by atoms with Crippen LogP contribution in [0.5, 0.6) is 5.75 Å². The lowest BCUT2D eigenvalue weighted by molar-refractivity contribution is -0.384. The minimum Gasteiger partial charge on any atom is -0.484 e. The van der Waals surface area contributed by atoms with E-state index >= 15 is 0 Å². The minimum atomic E-state index is -0.457. The van der Waals surface area contributed by atoms with Gasteiger partial charge < -0.3 is 9.64 Å². The fraction of sp³-hybridized carbons (Fsp3) is 0.588. The fourth-order valence-corrected chi connectivity index (χ4v) is 3.49. The summed E-state index contributed by atoms with van der Waals surface area (Å²) >= 11 is 0. The molecule has 1 amide bonds. The van der Waals surface area contributed by atoms with E-state index in [1.165, 1.54) is 37.1 Å². The highest BCUT2D eigenvalue weighted by molar-refractivity contribution is 5.78. The van der Waals surface area contributed by atoms with E-state index in [2.05, 4.69) is 4.90 Å². The zero-order valence-corrected chi connectivity index (χ0v) is 13.7. The van der Waals surface area contributed by atoms with Gasteiger partial charge in [-0.3, -0.25) is 19.8 Å². The van der Waals surface area contributed by atoms with Crippen molar-refractivity contribution in [3.8, 4) is 5.75 Å². The second kappa shape index (κ2) is 7.61. The third kappa shape index (κ3) is 4.03. The van der Waals surface area contributed by atoms with Gasteiger partial charge in [0.25, 0.3) is 11.6 Å². The van der Waals surface area contributed by atoms with Crippen molar-refractivity contribution in [1.82, 2.24) is 9.80 Å². The number of hydrogen-bond acceptors (Lipinski definition) is 5. The van der Waals surface area contributed by atoms with Crippen molar-refractivity contribution < 1.29 is 14.5 Å². The van der Waals surface area contributed by atoms with Gasteiger partial charge in [-0.2, -0.15) is 0 Å². The molecule has 24 heavy (non-hydrogen) atoms. The van der Waals surface area contributed by atoms with Crippen LogP contribution >= 0.6 is 0 Å². The van der Waals surface area contributed by atoms with Crippen molar-refractivity contribution in [3.05, 3.63) is 34.4 Å². The topological polar surface area (TPSA) is 75.9 Å². The molecule has 0 bridgehead atoms. The number of likely N-dealkylation sites (tertiary alicyclic amines) is 2. The summed E-state index contributed by atoms with van der Waals surface area (Å²) in [5.74, 6) is 0.458. The molecular weight excluding hydrogens is 310 g/mol. The van der Waals surface area contributed by atoms with Crippen LogP contribution in [0.2, 0.25) is 0 Å². The minimum absolute atomic E-state index is 0.0122. The summed E-state index contributed by atoms with van der Waals surface area (Å²) in [6.07, 6.45) is 4.71. The third-order valence-corrected chi connectivity index (χ3v) is 4.82. The molecule has 2 aliphatic rings. The van der Waals surface area contributed by atoms with Gasteiger partial charge in [0.05, 0.1) is 4.92 Å². The molecule has 0 aliphatic carbocycles. The smallest absolute Gasteiger partial charge is 0.269 e. The largest absolute Gasteiger partial charge is 0.484 e. The molecule has 1 aromatic carbocycles. The number of carbonyl (C=O) groups is 1. The molecule has 0 radical (unpaired) electrons. The highest BCUT2D eigenvalue weighted by Crippen LogP contribution is 2.21. The van der Waals surface area contributed by atoms with E-state index in [-0.39, 0.29) is 18.2 Å². The number of piperidine rings is 1. The Morgan fingerprint density at radius 2 is 1.88 bits per heavy atom. The van der Waals surface area contributed by atoms with Crippen LogP contribution in [-0.2, 0) is 4.79 Å². The van der Waals surface area contributed by atoms with Crippen LogP contribution in [0.15, 0.2) is 24.3 Å². The van der Waals surface area contributed by atoms with Crippen molar-refractivity contribution >= 4 is 11.6 Å². The molecule has 2 fully saturated rings. The molecule has 3 rings (SSSR count). The van der Waals surface area contributed by atoms with Crippen molar-refractivity contribution in [1.29, 1.82) is 0 Å². The molecule has 0 aromatic heterocycles. The fourth-order valence-electron chi connectivity index (χ4n) is 3.49. The first-order chi connectivity index (χ1) is 11.6. The second-order valence-electron chi connectivity index (χ2n) is 6.42. The van der Waals surface area contributed by atoms with Gasteiger partial charge in [-0.05, 0) is 50.9 Å². The number of amides is 1. The van der Waals surface area contributed by atoms with Crippen molar-refractivity contribution in [2.75, 3.05) is 32.8 Å². The number of carbonyl (C=O) groups excluding carboxylic acids is 1. The van der Waals surface area contributed by atoms with Crippen molar-refractivity contribution in [2.24, 2.45) is 0 Å². The van der Waals surface area contributed by atoms with E-state index in [4.69, 9.17) is 4.74 Å². The van der Waals surface area contributed by atoms with Gasteiger partial charge in [0, 0.05) is 31.3 Å². The molecule has 2 heterocycles. The quantitative estimate of drug-likeness (QED) is 0.609. The summed E-state index contributed by atoms with van der Waals surface area (Å²) in [6.45, 7) is 3.83. The van der Waals surface area contributed by atoms with E-state index in [9.17, 15) is 14.9 Å². The van der Waals surface area contributed by atoms with Crippen LogP contribution in [0, 0.1) is 10.1 Å². The predicted molar refractivity (Wildman–Crippen MR) is 89.0 cm³/mol. The van der Waals surface area contributed by atoms with E-state index < -0.39 is 4.92 Å². The molecule has 7 nitrogen and oxygen atoms in total. The van der Waals surface area contributed by atoms with Crippen molar-refractivity contribution in [3.63, 3.8) is 0 Å². The van der Waals surface area contributed by atoms with Crippen LogP contribution in [0.1, 0.15) is 25.7 Å². The maximum atomic E-state index is 12.4. The summed E-state index contributed by atoms with van der Waals surface area (Å²) in [5, 5.41) is 10.6. The Labute approximate surface area is 141 Å². The standard InChI is InChI=1S/C17H23N3O4/c21-17(13-24-16-7-5-14(6-8-16)20(22)23)19-11-3-4-15(12-19)18-9-1-2-10-18/h5-8,15H,1-4,9-13H2. The molecule has 0 saturated carbocycles. The lowest BCUT2D eigenvalue weighted by Gasteiger charge is -2.37. The first kappa shape index (κ1) is 16.7. The lowest BCUT2D eigenvalue weighted by Crippen LogP contribution is -2.50. The van der Waals surface area contributed by atoms with Crippen LogP contribution in [-0.4, -0.2) is 59.5 Å². The Morgan fingerprint density at radius 3 is 2.54 bits per heavy atom. The molecule has 2 saturated heterocycles. The second-order valence-corrected chi connectivity index (χ2v) is 6.42. The van der Waals surface area contributed by atoms with Crippen LogP contribution in [0.4, 0.5) is 5.69 Å². The first-order valence-electron chi connectivity index (χ1n) is 8.52. The molecule has 7 heteroatoms. The van der Waals surface area contributed by atoms with Crippen LogP contribution in [0.25, 0.3) is 0 Å². The third-order valence-electron chi connectivity index (χ3n) is 4.82. The van der Waals surface area contributed by atoms with Gasteiger partial charge >= 0.3 is 0 Å². The average Bonchev–Trinajstić information content (AvgIpc) is 3.15. The number of ether oxygens (including phenoxy) is 1. The molecular formula is C17H23N3O4. The number of hydrogen-bond donors (Lipinski definition) is 0. The van der Waals surface area contributed by atoms with Gasteiger partial charge in [-0.25, -0.2) is 0 Å². The predicted octanol–water partition coefficient (Wildman–Crippen LogP) is 2.06. The number of nitro groups is 1. The number of benzene rings is 1. The van der Waals surface area contributed by atoms with E-state index in [1.54, 1.807) is 0 Å². The highest BCUT2D eigenvalue weighted by atomic mass is 16.6. The SMILES string of the molecule is O=C(COc1ccc([N+](=O)[O-])cc1)N1CCCC(N2CCCC2)C1. The zero-order valence-electron chi connectivity index (χ0n) is 13.7. The lowest BCUT2D eigenvalue weighted by atomic mass is 10.0. The zero-order chi connectivity index (χ0) is 16.9. The molecule has 0 N–H and O–H groups in total. The highest BCUT2D eigenvalue weighted by Gasteiger charge is 2.29. The van der Waals surface area contributed by atoms with Gasteiger partial charge in [0.2, 0.25) is 0 Å². The summed E-state index contributed by atoms with van der Waals surface area (Å²) in [4.78, 5) is 26.9. The first-order valence-corrected chi connectivity index (χ1v) is 8.52.